The second kappa shape index (κ2) is 6.11. The summed E-state index contributed by atoms with van der Waals surface area (Å²) in [5.41, 5.74) is 6.73. The van der Waals surface area contributed by atoms with Gasteiger partial charge in [-0.15, -0.1) is 0 Å². The van der Waals surface area contributed by atoms with E-state index in [2.05, 4.69) is 4.72 Å². The second-order valence-electron chi connectivity index (χ2n) is 6.24. The lowest BCUT2D eigenvalue weighted by atomic mass is 10.1. The Bertz CT molecular complexity index is 548. The van der Waals surface area contributed by atoms with Gasteiger partial charge in [0.2, 0.25) is 0 Å². The molecule has 3 N–H and O–H groups in total. The summed E-state index contributed by atoms with van der Waals surface area (Å²) in [7, 11) is -3.55. The SMILES string of the molecule is CC(C)N(Cc1cccc(N)c1)S(=O)(=O)NC(C)(C)C. The van der Waals surface area contributed by atoms with Crippen LogP contribution >= 0.6 is 0 Å². The number of nitrogens with one attached hydrogen (secondary N) is 1. The van der Waals surface area contributed by atoms with E-state index in [4.69, 9.17) is 5.73 Å². The quantitative estimate of drug-likeness (QED) is 0.818. The molecule has 5 nitrogen and oxygen atoms in total. The maximum Gasteiger partial charge on any atom is 0.280 e. The van der Waals surface area contributed by atoms with Gasteiger partial charge >= 0.3 is 0 Å². The van der Waals surface area contributed by atoms with Crippen LogP contribution in [0.25, 0.3) is 0 Å². The van der Waals surface area contributed by atoms with E-state index in [0.717, 1.165) is 5.56 Å². The molecule has 0 heterocycles. The number of benzene rings is 1. The summed E-state index contributed by atoms with van der Waals surface area (Å²) in [6.07, 6.45) is 0. The highest BCUT2D eigenvalue weighted by atomic mass is 32.2. The number of nitrogen functional groups attached to an aromatic ring is 1. The topological polar surface area (TPSA) is 75.4 Å². The third kappa shape index (κ3) is 5.11. The lowest BCUT2D eigenvalue weighted by Crippen LogP contribution is -2.50. The molecule has 114 valence electrons. The molecule has 0 saturated carbocycles. The van der Waals surface area contributed by atoms with Crippen LogP contribution in [-0.2, 0) is 16.8 Å². The molecule has 0 aliphatic heterocycles. The van der Waals surface area contributed by atoms with Crippen molar-refractivity contribution in [2.24, 2.45) is 0 Å². The molecule has 0 aromatic heterocycles. The average Bonchev–Trinajstić information content (AvgIpc) is 2.22. The molecule has 6 heteroatoms. The predicted octanol–water partition coefficient (Wildman–Crippen LogP) is 2.11. The van der Waals surface area contributed by atoms with Gasteiger partial charge < -0.3 is 5.73 Å². The van der Waals surface area contributed by atoms with Gasteiger partial charge in [-0.3, -0.25) is 0 Å². The normalized spacial score (nSPS) is 13.2. The smallest absolute Gasteiger partial charge is 0.280 e. The first-order valence-corrected chi connectivity index (χ1v) is 8.10. The van der Waals surface area contributed by atoms with Gasteiger partial charge in [0.25, 0.3) is 10.2 Å². The Morgan fingerprint density at radius 3 is 2.35 bits per heavy atom. The number of nitrogens with two attached hydrogens (primary N) is 1. The van der Waals surface area contributed by atoms with E-state index in [-0.39, 0.29) is 6.04 Å². The van der Waals surface area contributed by atoms with Crippen LogP contribution in [0.5, 0.6) is 0 Å². The van der Waals surface area contributed by atoms with E-state index in [1.54, 1.807) is 12.1 Å². The fourth-order valence-corrected chi connectivity index (χ4v) is 3.63. The van der Waals surface area contributed by atoms with Crippen LogP contribution in [0.1, 0.15) is 40.2 Å². The highest BCUT2D eigenvalue weighted by Gasteiger charge is 2.29. The Kier molecular flexibility index (Phi) is 5.18. The lowest BCUT2D eigenvalue weighted by molar-refractivity contribution is 0.332. The molecule has 0 aliphatic carbocycles. The third-order valence-corrected chi connectivity index (χ3v) is 4.65. The zero-order valence-corrected chi connectivity index (χ0v) is 13.7. The van der Waals surface area contributed by atoms with E-state index in [9.17, 15) is 8.42 Å². The molecule has 20 heavy (non-hydrogen) atoms. The molecule has 1 rings (SSSR count). The molecule has 0 fully saturated rings. The summed E-state index contributed by atoms with van der Waals surface area (Å²) in [6, 6.07) is 7.13. The van der Waals surface area contributed by atoms with Gasteiger partial charge in [-0.05, 0) is 52.3 Å². The van der Waals surface area contributed by atoms with Crippen LogP contribution in [0.2, 0.25) is 0 Å². The van der Waals surface area contributed by atoms with Crippen molar-refractivity contribution in [1.29, 1.82) is 0 Å². The lowest BCUT2D eigenvalue weighted by Gasteiger charge is -2.30. The zero-order chi connectivity index (χ0) is 15.6. The van der Waals surface area contributed by atoms with Crippen molar-refractivity contribution in [3.8, 4) is 0 Å². The van der Waals surface area contributed by atoms with Crippen LogP contribution < -0.4 is 10.5 Å². The van der Waals surface area contributed by atoms with Crippen molar-refractivity contribution in [1.82, 2.24) is 9.03 Å². The molecule has 0 spiro atoms. The summed E-state index contributed by atoms with van der Waals surface area (Å²) in [6.45, 7) is 9.48. The van der Waals surface area contributed by atoms with Crippen LogP contribution in [0.4, 0.5) is 5.69 Å². The Labute approximate surface area is 122 Å². The molecule has 0 unspecified atom stereocenters. The first-order chi connectivity index (χ1) is 9.01. The third-order valence-electron chi connectivity index (χ3n) is 2.61. The van der Waals surface area contributed by atoms with Gasteiger partial charge in [0.1, 0.15) is 0 Å². The van der Waals surface area contributed by atoms with Crippen molar-refractivity contribution < 1.29 is 8.42 Å². The van der Waals surface area contributed by atoms with Crippen LogP contribution in [0.3, 0.4) is 0 Å². The molecule has 0 saturated heterocycles. The standard InChI is InChI=1S/C14H25N3O2S/c1-11(2)17(20(18,19)16-14(3,4)5)10-12-7-6-8-13(15)9-12/h6-9,11,16H,10,15H2,1-5H3. The molecule has 0 bridgehead atoms. The van der Waals surface area contributed by atoms with Gasteiger partial charge in [0.05, 0.1) is 0 Å². The highest BCUT2D eigenvalue weighted by molar-refractivity contribution is 7.87. The van der Waals surface area contributed by atoms with Gasteiger partial charge in [0, 0.05) is 23.8 Å². The first kappa shape index (κ1) is 16.9. The van der Waals surface area contributed by atoms with Crippen molar-refractivity contribution in [2.45, 2.75) is 52.7 Å². The number of hydrogen-bond donors (Lipinski definition) is 2. The Morgan fingerprint density at radius 1 is 1.30 bits per heavy atom. The monoisotopic (exact) mass is 299 g/mol. The predicted molar refractivity (Wildman–Crippen MR) is 83.3 cm³/mol. The van der Waals surface area contributed by atoms with Crippen molar-refractivity contribution in [3.63, 3.8) is 0 Å². The van der Waals surface area contributed by atoms with Crippen LogP contribution in [0.15, 0.2) is 24.3 Å². The maximum absolute atomic E-state index is 12.5. The van der Waals surface area contributed by atoms with E-state index in [1.165, 1.54) is 4.31 Å². The van der Waals surface area contributed by atoms with Crippen molar-refractivity contribution in [3.05, 3.63) is 29.8 Å². The fraction of sp³-hybridized carbons (Fsp3) is 0.571. The summed E-state index contributed by atoms with van der Waals surface area (Å²) < 4.78 is 29.0. The van der Waals surface area contributed by atoms with Gasteiger partial charge in [0.15, 0.2) is 0 Å². The molecule has 0 radical (unpaired) electrons. The summed E-state index contributed by atoms with van der Waals surface area (Å²) in [5.74, 6) is 0. The van der Waals surface area contributed by atoms with E-state index >= 15 is 0 Å². The molecule has 0 aliphatic rings. The van der Waals surface area contributed by atoms with Gasteiger partial charge in [-0.2, -0.15) is 17.4 Å². The highest BCUT2D eigenvalue weighted by Crippen LogP contribution is 2.16. The van der Waals surface area contributed by atoms with Gasteiger partial charge in [-0.25, -0.2) is 0 Å². The summed E-state index contributed by atoms with van der Waals surface area (Å²) in [5, 5.41) is 0. The molecular formula is C14H25N3O2S. The van der Waals surface area contributed by atoms with Crippen molar-refractivity contribution in [2.75, 3.05) is 5.73 Å². The van der Waals surface area contributed by atoms with E-state index < -0.39 is 15.7 Å². The molecule has 0 atom stereocenters. The summed E-state index contributed by atoms with van der Waals surface area (Å²) in [4.78, 5) is 0. The molecule has 0 amide bonds. The minimum absolute atomic E-state index is 0.142. The van der Waals surface area contributed by atoms with Crippen molar-refractivity contribution >= 4 is 15.9 Å². The number of anilines is 1. The van der Waals surface area contributed by atoms with E-state index in [0.29, 0.717) is 12.2 Å². The second-order valence-corrected chi connectivity index (χ2v) is 7.86. The molecule has 1 aromatic carbocycles. The number of hydrogen-bond acceptors (Lipinski definition) is 3. The fourth-order valence-electron chi connectivity index (χ4n) is 1.86. The van der Waals surface area contributed by atoms with Crippen LogP contribution in [-0.4, -0.2) is 24.3 Å². The minimum atomic E-state index is -3.55. The maximum atomic E-state index is 12.5. The number of nitrogens with zero attached hydrogens (tertiary/aromatic N) is 1. The molecule has 1 aromatic rings. The molecular weight excluding hydrogens is 274 g/mol. The largest absolute Gasteiger partial charge is 0.399 e. The van der Waals surface area contributed by atoms with Gasteiger partial charge in [-0.1, -0.05) is 12.1 Å². The Hall–Kier alpha value is -1.11. The van der Waals surface area contributed by atoms with Crippen LogP contribution in [0, 0.1) is 0 Å². The Balaban J connectivity index is 3.01. The van der Waals surface area contributed by atoms with E-state index in [1.807, 2.05) is 46.8 Å². The minimum Gasteiger partial charge on any atom is -0.399 e. The zero-order valence-electron chi connectivity index (χ0n) is 12.8. The first-order valence-electron chi connectivity index (χ1n) is 6.66. The Morgan fingerprint density at radius 2 is 1.90 bits per heavy atom. The summed E-state index contributed by atoms with van der Waals surface area (Å²) >= 11 is 0. The average molecular weight is 299 g/mol. The number of rotatable bonds is 5.